The lowest BCUT2D eigenvalue weighted by atomic mass is 10.0. The molecule has 0 unspecified atom stereocenters. The number of carbonyl (C=O) groups excluding carboxylic acids is 1. The molecule has 0 aliphatic carbocycles. The Morgan fingerprint density at radius 3 is 2.47 bits per heavy atom. The van der Waals surface area contributed by atoms with Crippen LogP contribution in [0, 0.1) is 0 Å². The van der Waals surface area contributed by atoms with Crippen LogP contribution in [0.25, 0.3) is 0 Å². The average Bonchev–Trinajstić information content (AvgIpc) is 2.71. The number of pyridine rings is 2. The molecule has 0 spiro atoms. The van der Waals surface area contributed by atoms with Gasteiger partial charge in [-0.3, -0.25) is 15.2 Å². The van der Waals surface area contributed by atoms with E-state index in [9.17, 15) is 15.2 Å². The largest absolute Gasteiger partial charge is 0.493 e. The molecule has 3 rings (SSSR count). The van der Waals surface area contributed by atoms with Gasteiger partial charge in [-0.05, 0) is 24.3 Å². The fourth-order valence-corrected chi connectivity index (χ4v) is 3.45. The van der Waals surface area contributed by atoms with E-state index >= 15 is 0 Å². The van der Waals surface area contributed by atoms with Gasteiger partial charge in [0.1, 0.15) is 10.0 Å². The van der Waals surface area contributed by atoms with Crippen molar-refractivity contribution in [3.8, 4) is 11.5 Å². The predicted molar refractivity (Wildman–Crippen MR) is 108 cm³/mol. The highest BCUT2D eigenvalue weighted by Crippen LogP contribution is 2.30. The van der Waals surface area contributed by atoms with Crippen LogP contribution in [0.4, 0.5) is 0 Å². The van der Waals surface area contributed by atoms with Crippen LogP contribution in [0.5, 0.6) is 11.5 Å². The van der Waals surface area contributed by atoms with Gasteiger partial charge in [-0.15, -0.1) is 0 Å². The van der Waals surface area contributed by atoms with Crippen LogP contribution in [0.3, 0.4) is 0 Å². The zero-order valence-corrected chi connectivity index (χ0v) is 17.6. The number of carbonyl (C=O) groups is 1. The van der Waals surface area contributed by atoms with Gasteiger partial charge in [-0.2, -0.15) is 0 Å². The van der Waals surface area contributed by atoms with Gasteiger partial charge in [0.2, 0.25) is 24.3 Å². The van der Waals surface area contributed by atoms with E-state index in [1.807, 2.05) is 6.07 Å². The number of Topliss-reactive ketones (excluding diaryl/α,β-unsaturated/α-hetero) is 1. The van der Waals surface area contributed by atoms with Crippen LogP contribution in [-0.4, -0.2) is 29.9 Å². The molecule has 156 valence electrons. The molecular weight excluding hydrogens is 431 g/mol. The van der Waals surface area contributed by atoms with Crippen molar-refractivity contribution in [2.45, 2.75) is 12.8 Å². The molecule has 0 fully saturated rings. The molecule has 2 heterocycles. The molecule has 0 saturated carbocycles. The number of hydrogen-bond acceptors (Lipinski definition) is 5. The minimum Gasteiger partial charge on any atom is -0.493 e. The van der Waals surface area contributed by atoms with Gasteiger partial charge in [-0.1, -0.05) is 23.2 Å². The first-order valence-corrected chi connectivity index (χ1v) is 9.76. The van der Waals surface area contributed by atoms with Crippen molar-refractivity contribution in [3.05, 3.63) is 81.9 Å². The van der Waals surface area contributed by atoms with E-state index in [2.05, 4.69) is 0 Å². The van der Waals surface area contributed by atoms with Crippen LogP contribution in [0.2, 0.25) is 10.0 Å². The number of halogens is 2. The third-order valence-electron chi connectivity index (χ3n) is 4.43. The predicted octanol–water partition coefficient (Wildman–Crippen LogP) is 3.10. The lowest BCUT2D eigenvalue weighted by Crippen LogP contribution is -2.35. The van der Waals surface area contributed by atoms with Crippen LogP contribution in [0.15, 0.2) is 55.0 Å². The monoisotopic (exact) mass is 450 g/mol. The van der Waals surface area contributed by atoms with E-state index in [4.69, 9.17) is 32.7 Å². The van der Waals surface area contributed by atoms with Crippen LogP contribution in [0.1, 0.15) is 21.6 Å². The van der Waals surface area contributed by atoms with Gasteiger partial charge >= 0.3 is 0 Å². The summed E-state index contributed by atoms with van der Waals surface area (Å²) in [7, 11) is 1.51. The molecule has 0 saturated heterocycles. The molecular formula is C21H20Cl2N2O5+2. The van der Waals surface area contributed by atoms with Crippen molar-refractivity contribution in [1.29, 1.82) is 0 Å². The standard InChI is InChI=1S/C21H20Cl2N2O5/c1-29-20-6-5-14(19(26)11-16-17(22)12-24(27)13-18(16)23)10-21(20)30-9-7-15-4-2-3-8-25(15)28/h2-6,8,10,12-13,27-28H,7,9,11H2,1H3/q+2. The van der Waals surface area contributed by atoms with Crippen molar-refractivity contribution in [3.63, 3.8) is 0 Å². The number of nitrogens with zero attached hydrogens (tertiary/aromatic N) is 2. The number of aromatic nitrogens is 2. The first-order valence-electron chi connectivity index (χ1n) is 9.00. The molecule has 0 aliphatic heterocycles. The van der Waals surface area contributed by atoms with Crippen LogP contribution < -0.4 is 18.9 Å². The second-order valence-electron chi connectivity index (χ2n) is 6.41. The topological polar surface area (TPSA) is 83.8 Å². The maximum atomic E-state index is 12.8. The number of ether oxygens (including phenoxy) is 2. The highest BCUT2D eigenvalue weighted by Gasteiger charge is 2.19. The number of rotatable bonds is 8. The van der Waals surface area contributed by atoms with Crippen LogP contribution in [-0.2, 0) is 12.8 Å². The SMILES string of the molecule is COc1ccc(C(=O)Cc2c(Cl)c[n+](O)cc2Cl)cc1OCCc1cccc[n+]1O. The van der Waals surface area contributed by atoms with Gasteiger partial charge in [-0.25, -0.2) is 0 Å². The summed E-state index contributed by atoms with van der Waals surface area (Å²) in [5.41, 5.74) is 1.50. The molecule has 9 heteroatoms. The fraction of sp³-hybridized carbons (Fsp3) is 0.190. The number of hydrogen-bond donors (Lipinski definition) is 2. The van der Waals surface area contributed by atoms with Crippen molar-refractivity contribution in [2.75, 3.05) is 13.7 Å². The Balaban J connectivity index is 1.75. The molecule has 2 N–H and O–H groups in total. The lowest BCUT2D eigenvalue weighted by molar-refractivity contribution is -0.909. The smallest absolute Gasteiger partial charge is 0.241 e. The van der Waals surface area contributed by atoms with E-state index in [1.165, 1.54) is 25.7 Å². The summed E-state index contributed by atoms with van der Waals surface area (Å²) < 4.78 is 12.9. The Morgan fingerprint density at radius 1 is 1.07 bits per heavy atom. The molecule has 0 bridgehead atoms. The molecule has 0 amide bonds. The summed E-state index contributed by atoms with van der Waals surface area (Å²) in [5.74, 6) is 0.661. The van der Waals surface area contributed by atoms with Gasteiger partial charge in [0.05, 0.1) is 20.1 Å². The summed E-state index contributed by atoms with van der Waals surface area (Å²) in [4.78, 5) is 12.8. The number of methoxy groups -OCH3 is 1. The third-order valence-corrected chi connectivity index (χ3v) is 5.08. The van der Waals surface area contributed by atoms with E-state index < -0.39 is 0 Å². The van der Waals surface area contributed by atoms with Crippen molar-refractivity contribution in [1.82, 2.24) is 0 Å². The highest BCUT2D eigenvalue weighted by atomic mass is 35.5. The highest BCUT2D eigenvalue weighted by molar-refractivity contribution is 6.36. The van der Waals surface area contributed by atoms with Crippen molar-refractivity contribution < 1.29 is 34.1 Å². The minimum atomic E-state index is -0.224. The summed E-state index contributed by atoms with van der Waals surface area (Å²) in [6.07, 6.45) is 4.46. The molecule has 2 aromatic heterocycles. The quantitative estimate of drug-likeness (QED) is 0.313. The molecule has 1 aromatic carbocycles. The summed E-state index contributed by atoms with van der Waals surface area (Å²) in [5, 5.41) is 19.6. The van der Waals surface area contributed by atoms with Gasteiger partial charge < -0.3 is 9.47 Å². The molecule has 0 aliphatic rings. The van der Waals surface area contributed by atoms with Crippen LogP contribution >= 0.6 is 23.2 Å². The third kappa shape index (κ3) is 5.11. The maximum Gasteiger partial charge on any atom is 0.241 e. The second kappa shape index (κ2) is 9.65. The zero-order chi connectivity index (χ0) is 21.7. The van der Waals surface area contributed by atoms with E-state index in [0.717, 1.165) is 9.46 Å². The Labute approximate surface area is 183 Å². The normalized spacial score (nSPS) is 10.6. The molecule has 3 aromatic rings. The van der Waals surface area contributed by atoms with Crippen molar-refractivity contribution >= 4 is 29.0 Å². The van der Waals surface area contributed by atoms with E-state index in [-0.39, 0.29) is 28.9 Å². The Morgan fingerprint density at radius 2 is 1.80 bits per heavy atom. The molecule has 7 nitrogen and oxygen atoms in total. The first-order chi connectivity index (χ1) is 14.4. The van der Waals surface area contributed by atoms with Gasteiger partial charge in [0.15, 0.2) is 17.3 Å². The number of ketones is 1. The molecule has 0 radical (unpaired) electrons. The Bertz CT molecular complexity index is 1050. The van der Waals surface area contributed by atoms with E-state index in [0.29, 0.717) is 34.7 Å². The fourth-order valence-electron chi connectivity index (χ4n) is 2.87. The van der Waals surface area contributed by atoms with Crippen molar-refractivity contribution in [2.24, 2.45) is 0 Å². The maximum absolute atomic E-state index is 12.8. The second-order valence-corrected chi connectivity index (χ2v) is 7.23. The molecule has 30 heavy (non-hydrogen) atoms. The minimum absolute atomic E-state index is 0.0429. The summed E-state index contributed by atoms with van der Waals surface area (Å²) in [6.45, 7) is 0.269. The molecule has 0 atom stereocenters. The van der Waals surface area contributed by atoms with Gasteiger partial charge in [0.25, 0.3) is 0 Å². The van der Waals surface area contributed by atoms with Gasteiger partial charge in [0, 0.05) is 39.1 Å². The lowest BCUT2D eigenvalue weighted by Gasteiger charge is -2.12. The Hall–Kier alpha value is -3.03. The summed E-state index contributed by atoms with van der Waals surface area (Å²) >= 11 is 12.2. The average molecular weight is 451 g/mol. The Kier molecular flexibility index (Phi) is 6.97. The zero-order valence-electron chi connectivity index (χ0n) is 16.1. The van der Waals surface area contributed by atoms with E-state index in [1.54, 1.807) is 30.3 Å². The first kappa shape index (κ1) is 21.7. The summed E-state index contributed by atoms with van der Waals surface area (Å²) in [6, 6.07) is 10.2. The number of benzene rings is 1.